The fourth-order valence-corrected chi connectivity index (χ4v) is 7.18. The molecule has 3 aliphatic carbocycles. The lowest BCUT2D eigenvalue weighted by Crippen LogP contribution is -2.47. The molecule has 4 heteroatoms. The van der Waals surface area contributed by atoms with Gasteiger partial charge in [0.05, 0.1) is 13.0 Å². The van der Waals surface area contributed by atoms with Gasteiger partial charge in [-0.1, -0.05) is 49.8 Å². The molecule has 1 fully saturated rings. The molecule has 0 radical (unpaired) electrons. The molecule has 0 heterocycles. The van der Waals surface area contributed by atoms with Crippen LogP contribution < -0.4 is 4.74 Å². The highest BCUT2D eigenvalue weighted by Gasteiger charge is 2.55. The van der Waals surface area contributed by atoms with E-state index < -0.39 is 0 Å². The van der Waals surface area contributed by atoms with E-state index in [1.165, 1.54) is 23.8 Å². The van der Waals surface area contributed by atoms with Crippen LogP contribution in [0.5, 0.6) is 5.75 Å². The van der Waals surface area contributed by atoms with Gasteiger partial charge in [-0.2, -0.15) is 0 Å². The average Bonchev–Trinajstić information content (AvgIpc) is 3.48. The highest BCUT2D eigenvalue weighted by Crippen LogP contribution is 2.57. The number of ether oxygens (including phenoxy) is 2. The molecule has 0 aromatic heterocycles. The van der Waals surface area contributed by atoms with E-state index in [4.69, 9.17) is 9.47 Å². The van der Waals surface area contributed by atoms with E-state index in [9.17, 15) is 4.79 Å². The Morgan fingerprint density at radius 3 is 2.54 bits per heavy atom. The Kier molecular flexibility index (Phi) is 6.40. The molecule has 0 unspecified atom stereocenters. The molecule has 3 aliphatic rings. The van der Waals surface area contributed by atoms with Crippen molar-refractivity contribution in [3.8, 4) is 16.9 Å². The fourth-order valence-electron chi connectivity index (χ4n) is 7.18. The second kappa shape index (κ2) is 9.66. The first-order valence-corrected chi connectivity index (χ1v) is 14.2. The predicted octanol–water partition coefficient (Wildman–Crippen LogP) is 8.35. The number of rotatable bonds is 6. The van der Waals surface area contributed by atoms with Crippen LogP contribution in [0.15, 0.2) is 60.7 Å². The summed E-state index contributed by atoms with van der Waals surface area (Å²) in [5.41, 5.74) is 8.53. The average molecular weight is 525 g/mol. The van der Waals surface area contributed by atoms with E-state index in [0.29, 0.717) is 12.2 Å². The van der Waals surface area contributed by atoms with Crippen LogP contribution in [0.3, 0.4) is 0 Å². The molecule has 202 valence electrons. The zero-order valence-electron chi connectivity index (χ0n) is 23.4. The molecule has 3 nitrogen and oxygen atoms in total. The molecule has 0 amide bonds. The first-order valence-electron chi connectivity index (χ1n) is 14.2. The Balaban J connectivity index is 1.30. The molecule has 1 saturated carbocycles. The van der Waals surface area contributed by atoms with E-state index >= 15 is 4.39 Å². The van der Waals surface area contributed by atoms with Crippen molar-refractivity contribution in [3.05, 3.63) is 94.3 Å². The summed E-state index contributed by atoms with van der Waals surface area (Å²) in [4.78, 5) is 12.4. The fraction of sp³-hybridized carbons (Fsp3) is 0.400. The molecule has 0 saturated heterocycles. The Labute approximate surface area is 231 Å². The maximum absolute atomic E-state index is 15.0. The van der Waals surface area contributed by atoms with Crippen molar-refractivity contribution in [2.75, 3.05) is 7.11 Å². The molecule has 3 aromatic carbocycles. The number of allylic oxidation sites excluding steroid dienone is 2. The highest BCUT2D eigenvalue weighted by atomic mass is 19.1. The van der Waals surface area contributed by atoms with Gasteiger partial charge in [0, 0.05) is 11.0 Å². The standard InChI is InChI=1S/C35H37FO3/c1-22-7-12-32(36)28(18-22)26-11-8-23(19-27(26)29-6-5-15-34(29,2)3)21-39-25-10-9-24-13-16-35(31(24)20-25)17-14-30(35)33(37)38-4/h6-12,18-20,30H,5,13-17,21H2,1-4H3/t30-,35-/m0/s1. The van der Waals surface area contributed by atoms with Gasteiger partial charge in [0.15, 0.2) is 0 Å². The van der Waals surface area contributed by atoms with E-state index in [0.717, 1.165) is 66.5 Å². The zero-order chi connectivity index (χ0) is 27.4. The maximum atomic E-state index is 15.0. The van der Waals surface area contributed by atoms with Crippen LogP contribution >= 0.6 is 0 Å². The lowest BCUT2D eigenvalue weighted by molar-refractivity contribution is -0.153. The van der Waals surface area contributed by atoms with Crippen LogP contribution in [0.1, 0.15) is 73.8 Å². The lowest BCUT2D eigenvalue weighted by Gasteiger charge is -2.46. The zero-order valence-corrected chi connectivity index (χ0v) is 23.4. The van der Waals surface area contributed by atoms with Gasteiger partial charge >= 0.3 is 5.97 Å². The van der Waals surface area contributed by atoms with Crippen molar-refractivity contribution < 1.29 is 18.7 Å². The van der Waals surface area contributed by atoms with Crippen molar-refractivity contribution in [2.45, 2.75) is 71.3 Å². The van der Waals surface area contributed by atoms with Gasteiger partial charge in [0.1, 0.15) is 18.2 Å². The summed E-state index contributed by atoms with van der Waals surface area (Å²) in [6.07, 6.45) is 8.33. The number of fused-ring (bicyclic) bond motifs is 2. The summed E-state index contributed by atoms with van der Waals surface area (Å²) in [7, 11) is 1.49. The van der Waals surface area contributed by atoms with Crippen molar-refractivity contribution in [1.82, 2.24) is 0 Å². The number of carbonyl (C=O) groups excluding carboxylic acids is 1. The molecule has 2 atom stereocenters. The van der Waals surface area contributed by atoms with Crippen molar-refractivity contribution >= 4 is 11.5 Å². The van der Waals surface area contributed by atoms with Crippen LogP contribution in [0, 0.1) is 24.1 Å². The summed E-state index contributed by atoms with van der Waals surface area (Å²) in [6, 6.07) is 18.0. The molecule has 39 heavy (non-hydrogen) atoms. The summed E-state index contributed by atoms with van der Waals surface area (Å²) in [5.74, 6) is 0.471. The first kappa shape index (κ1) is 25.9. The Morgan fingerprint density at radius 2 is 1.82 bits per heavy atom. The smallest absolute Gasteiger partial charge is 0.309 e. The molecule has 1 spiro atoms. The minimum absolute atomic E-state index is 0.0295. The summed E-state index contributed by atoms with van der Waals surface area (Å²) in [5, 5.41) is 0. The highest BCUT2D eigenvalue weighted by molar-refractivity contribution is 5.85. The second-order valence-electron chi connectivity index (χ2n) is 12.3. The Bertz CT molecular complexity index is 1480. The summed E-state index contributed by atoms with van der Waals surface area (Å²) in [6.45, 7) is 6.96. The van der Waals surface area contributed by atoms with Crippen LogP contribution in [0.4, 0.5) is 4.39 Å². The number of benzene rings is 3. The number of carbonyl (C=O) groups is 1. The molecular formula is C35H37FO3. The van der Waals surface area contributed by atoms with Crippen LogP contribution in [0.2, 0.25) is 0 Å². The van der Waals surface area contributed by atoms with Crippen molar-refractivity contribution in [1.29, 1.82) is 0 Å². The number of methoxy groups -OCH3 is 1. The summed E-state index contributed by atoms with van der Waals surface area (Å²) >= 11 is 0. The SMILES string of the molecule is COC(=O)[C@@H]1CC[C@@]12CCc1ccc(OCc3ccc(-c4cc(C)ccc4F)c(C4=CCCC4(C)C)c3)cc12. The molecule has 6 rings (SSSR count). The van der Waals surface area contributed by atoms with Gasteiger partial charge in [0.2, 0.25) is 0 Å². The predicted molar refractivity (Wildman–Crippen MR) is 153 cm³/mol. The van der Waals surface area contributed by atoms with E-state index in [1.54, 1.807) is 6.07 Å². The number of halogens is 1. The number of esters is 1. The van der Waals surface area contributed by atoms with Crippen LogP contribution in [0.25, 0.3) is 16.7 Å². The maximum Gasteiger partial charge on any atom is 0.309 e. The van der Waals surface area contributed by atoms with Gasteiger partial charge < -0.3 is 9.47 Å². The lowest BCUT2D eigenvalue weighted by atomic mass is 9.57. The van der Waals surface area contributed by atoms with Gasteiger partial charge in [-0.25, -0.2) is 4.39 Å². The first-order chi connectivity index (χ1) is 18.7. The minimum Gasteiger partial charge on any atom is -0.489 e. The second-order valence-corrected chi connectivity index (χ2v) is 12.3. The monoisotopic (exact) mass is 524 g/mol. The Morgan fingerprint density at radius 1 is 0.974 bits per heavy atom. The Hall–Kier alpha value is -3.40. The number of aryl methyl sites for hydroxylation is 2. The third-order valence-electron chi connectivity index (χ3n) is 9.53. The molecule has 3 aromatic rings. The molecule has 0 N–H and O–H groups in total. The van der Waals surface area contributed by atoms with Gasteiger partial charge in [-0.05, 0) is 115 Å². The third-order valence-corrected chi connectivity index (χ3v) is 9.53. The van der Waals surface area contributed by atoms with Crippen LogP contribution in [-0.2, 0) is 28.0 Å². The van der Waals surface area contributed by atoms with Gasteiger partial charge in [-0.3, -0.25) is 4.79 Å². The topological polar surface area (TPSA) is 35.5 Å². The van der Waals surface area contributed by atoms with Gasteiger partial charge in [-0.15, -0.1) is 0 Å². The van der Waals surface area contributed by atoms with Crippen LogP contribution in [-0.4, -0.2) is 13.1 Å². The largest absolute Gasteiger partial charge is 0.489 e. The van der Waals surface area contributed by atoms with E-state index in [1.807, 2.05) is 31.2 Å². The molecular weight excluding hydrogens is 487 g/mol. The normalized spacial score (nSPS) is 22.8. The third kappa shape index (κ3) is 4.38. The summed E-state index contributed by atoms with van der Waals surface area (Å²) < 4.78 is 26.5. The van der Waals surface area contributed by atoms with E-state index in [2.05, 4.69) is 44.2 Å². The number of hydrogen-bond acceptors (Lipinski definition) is 3. The van der Waals surface area contributed by atoms with Crippen molar-refractivity contribution in [3.63, 3.8) is 0 Å². The number of hydrogen-bond donors (Lipinski definition) is 0. The molecule has 0 aliphatic heterocycles. The quantitative estimate of drug-likeness (QED) is 0.304. The minimum atomic E-state index is -0.199. The molecule has 0 bridgehead atoms. The van der Waals surface area contributed by atoms with Gasteiger partial charge in [0.25, 0.3) is 0 Å². The van der Waals surface area contributed by atoms with Crippen molar-refractivity contribution in [2.24, 2.45) is 11.3 Å². The van der Waals surface area contributed by atoms with E-state index in [-0.39, 0.29) is 28.5 Å².